The number of nitriles is 1. The van der Waals surface area contributed by atoms with Gasteiger partial charge in [0.25, 0.3) is 0 Å². The topological polar surface area (TPSA) is 108 Å². The molecule has 0 spiro atoms. The average Bonchev–Trinajstić information content (AvgIpc) is 3.09. The van der Waals surface area contributed by atoms with E-state index in [1.165, 1.54) is 0 Å². The predicted molar refractivity (Wildman–Crippen MR) is 138 cm³/mol. The summed E-state index contributed by atoms with van der Waals surface area (Å²) in [6.07, 6.45) is 3.22. The van der Waals surface area contributed by atoms with Crippen LogP contribution in [0.5, 0.6) is 5.75 Å². The molecule has 2 amide bonds. The highest BCUT2D eigenvalue weighted by Gasteiger charge is 2.40. The molecule has 7 nitrogen and oxygen atoms in total. The second-order valence-electron chi connectivity index (χ2n) is 10.7. The molecule has 4 rings (SSSR count). The molecular weight excluding hydrogens is 452 g/mol. The van der Waals surface area contributed by atoms with E-state index in [1.807, 2.05) is 48.5 Å². The van der Waals surface area contributed by atoms with E-state index in [9.17, 15) is 14.9 Å². The van der Waals surface area contributed by atoms with E-state index in [0.717, 1.165) is 29.7 Å². The van der Waals surface area contributed by atoms with Crippen LogP contribution in [0.25, 0.3) is 0 Å². The first kappa shape index (κ1) is 25.7. The van der Waals surface area contributed by atoms with Crippen LogP contribution < -0.4 is 15.8 Å². The number of para-hydroxylation sites is 1. The number of carbonyl (C=O) groups excluding carboxylic acids is 2. The molecule has 2 heterocycles. The SMILES string of the molecule is CC(C)(N)C(=O)NC(CC1CCOc2ccccc2C1)C(=O)N1CCC(C#N)(c2ccccc2)CC1. The third kappa shape index (κ3) is 5.71. The predicted octanol–water partition coefficient (Wildman–Crippen LogP) is 3.32. The average molecular weight is 489 g/mol. The number of ether oxygens (including phenoxy) is 1. The maximum absolute atomic E-state index is 13.8. The molecule has 0 aromatic heterocycles. The van der Waals surface area contributed by atoms with Crippen molar-refractivity contribution in [3.05, 3.63) is 65.7 Å². The van der Waals surface area contributed by atoms with Gasteiger partial charge in [0, 0.05) is 13.1 Å². The molecule has 2 aliphatic rings. The smallest absolute Gasteiger partial charge is 0.245 e. The van der Waals surface area contributed by atoms with Gasteiger partial charge in [0.05, 0.1) is 23.6 Å². The molecule has 2 aromatic carbocycles. The van der Waals surface area contributed by atoms with Gasteiger partial charge in [-0.15, -0.1) is 0 Å². The van der Waals surface area contributed by atoms with Crippen molar-refractivity contribution in [2.24, 2.45) is 11.7 Å². The monoisotopic (exact) mass is 488 g/mol. The Morgan fingerprint density at radius 2 is 1.83 bits per heavy atom. The maximum Gasteiger partial charge on any atom is 0.245 e. The lowest BCUT2D eigenvalue weighted by molar-refractivity contribution is -0.139. The van der Waals surface area contributed by atoms with Gasteiger partial charge in [-0.3, -0.25) is 9.59 Å². The number of piperidine rings is 1. The fraction of sp³-hybridized carbons (Fsp3) is 0.483. The molecule has 1 fully saturated rings. The molecule has 0 saturated carbocycles. The first-order chi connectivity index (χ1) is 17.2. The molecule has 0 radical (unpaired) electrons. The number of nitrogens with two attached hydrogens (primary N) is 1. The number of amides is 2. The number of rotatable bonds is 6. The van der Waals surface area contributed by atoms with Crippen molar-refractivity contribution in [2.45, 2.75) is 62.9 Å². The van der Waals surface area contributed by atoms with Crippen LogP contribution in [0.4, 0.5) is 0 Å². The highest BCUT2D eigenvalue weighted by atomic mass is 16.5. The zero-order valence-corrected chi connectivity index (χ0v) is 21.2. The molecule has 0 aliphatic carbocycles. The van der Waals surface area contributed by atoms with Crippen molar-refractivity contribution in [3.63, 3.8) is 0 Å². The molecule has 1 saturated heterocycles. The zero-order chi connectivity index (χ0) is 25.8. The third-order valence-electron chi connectivity index (χ3n) is 7.49. The van der Waals surface area contributed by atoms with Crippen LogP contribution in [-0.2, 0) is 21.4 Å². The van der Waals surface area contributed by atoms with Gasteiger partial charge in [-0.1, -0.05) is 48.5 Å². The van der Waals surface area contributed by atoms with Crippen LogP contribution in [0.3, 0.4) is 0 Å². The van der Waals surface area contributed by atoms with Crippen molar-refractivity contribution >= 4 is 11.8 Å². The lowest BCUT2D eigenvalue weighted by Gasteiger charge is -2.39. The molecule has 2 atom stereocenters. The summed E-state index contributed by atoms with van der Waals surface area (Å²) < 4.78 is 5.92. The number of fused-ring (bicyclic) bond motifs is 1. The zero-order valence-electron chi connectivity index (χ0n) is 21.2. The van der Waals surface area contributed by atoms with Crippen molar-refractivity contribution in [1.29, 1.82) is 5.26 Å². The Morgan fingerprint density at radius 3 is 2.50 bits per heavy atom. The number of nitrogens with one attached hydrogen (secondary N) is 1. The van der Waals surface area contributed by atoms with Gasteiger partial charge in [-0.2, -0.15) is 5.26 Å². The Labute approximate surface area is 213 Å². The summed E-state index contributed by atoms with van der Waals surface area (Å²) in [5.74, 6) is 0.611. The van der Waals surface area contributed by atoms with Crippen LogP contribution in [0, 0.1) is 17.2 Å². The van der Waals surface area contributed by atoms with Crippen LogP contribution in [0.15, 0.2) is 54.6 Å². The summed E-state index contributed by atoms with van der Waals surface area (Å²) in [7, 11) is 0. The van der Waals surface area contributed by atoms with Gasteiger partial charge in [0.15, 0.2) is 0 Å². The second kappa shape index (κ2) is 10.7. The standard InChI is InChI=1S/C29H36N4O3/c1-28(2,31)27(35)32-24(19-21-12-17-36-25-11-7-6-8-22(25)18-21)26(34)33-15-13-29(20-30,14-16-33)23-9-4-3-5-10-23/h3-11,21,24H,12-19,31H2,1-2H3,(H,32,35). The number of benzene rings is 2. The first-order valence-electron chi connectivity index (χ1n) is 12.8. The summed E-state index contributed by atoms with van der Waals surface area (Å²) in [5, 5.41) is 13.0. The largest absolute Gasteiger partial charge is 0.493 e. The Bertz CT molecular complexity index is 1110. The summed E-state index contributed by atoms with van der Waals surface area (Å²) in [6.45, 7) is 4.79. The van der Waals surface area contributed by atoms with Crippen LogP contribution in [0.2, 0.25) is 0 Å². The highest BCUT2D eigenvalue weighted by molar-refractivity contribution is 5.91. The lowest BCUT2D eigenvalue weighted by atomic mass is 9.74. The van der Waals surface area contributed by atoms with Crippen molar-refractivity contribution in [1.82, 2.24) is 10.2 Å². The van der Waals surface area contributed by atoms with E-state index in [-0.39, 0.29) is 17.7 Å². The summed E-state index contributed by atoms with van der Waals surface area (Å²) in [5.41, 5.74) is 6.47. The molecule has 0 bridgehead atoms. The van der Waals surface area contributed by atoms with Gasteiger partial charge < -0.3 is 20.7 Å². The van der Waals surface area contributed by atoms with Crippen molar-refractivity contribution < 1.29 is 14.3 Å². The minimum Gasteiger partial charge on any atom is -0.493 e. The second-order valence-corrected chi connectivity index (χ2v) is 10.7. The molecule has 7 heteroatoms. The van der Waals surface area contributed by atoms with Gasteiger partial charge in [-0.25, -0.2) is 0 Å². The normalized spacial score (nSPS) is 20.2. The quantitative estimate of drug-likeness (QED) is 0.648. The van der Waals surface area contributed by atoms with E-state index >= 15 is 0 Å². The van der Waals surface area contributed by atoms with Crippen molar-refractivity contribution in [2.75, 3.05) is 19.7 Å². The van der Waals surface area contributed by atoms with E-state index in [1.54, 1.807) is 18.7 Å². The number of likely N-dealkylation sites (tertiary alicyclic amines) is 1. The number of hydrogen-bond acceptors (Lipinski definition) is 5. The minimum absolute atomic E-state index is 0.106. The summed E-state index contributed by atoms with van der Waals surface area (Å²) in [6, 6.07) is 19.6. The van der Waals surface area contributed by atoms with E-state index < -0.39 is 17.0 Å². The molecule has 36 heavy (non-hydrogen) atoms. The first-order valence-corrected chi connectivity index (χ1v) is 12.8. The molecule has 190 valence electrons. The number of nitrogens with zero attached hydrogens (tertiary/aromatic N) is 2. The fourth-order valence-corrected chi connectivity index (χ4v) is 5.21. The van der Waals surface area contributed by atoms with Gasteiger partial charge in [0.2, 0.25) is 11.8 Å². The maximum atomic E-state index is 13.8. The Hall–Kier alpha value is -3.37. The van der Waals surface area contributed by atoms with Crippen LogP contribution in [0.1, 0.15) is 50.7 Å². The molecule has 3 N–H and O–H groups in total. The van der Waals surface area contributed by atoms with Gasteiger partial charge in [-0.05, 0) is 69.1 Å². The van der Waals surface area contributed by atoms with Crippen molar-refractivity contribution in [3.8, 4) is 11.8 Å². The molecular formula is C29H36N4O3. The Kier molecular flexibility index (Phi) is 7.65. The van der Waals surface area contributed by atoms with E-state index in [0.29, 0.717) is 39.0 Å². The number of hydrogen-bond donors (Lipinski definition) is 2. The molecule has 2 aliphatic heterocycles. The van der Waals surface area contributed by atoms with E-state index in [2.05, 4.69) is 17.5 Å². The van der Waals surface area contributed by atoms with E-state index in [4.69, 9.17) is 10.5 Å². The third-order valence-corrected chi connectivity index (χ3v) is 7.49. The summed E-state index contributed by atoms with van der Waals surface area (Å²) >= 11 is 0. The van der Waals surface area contributed by atoms with Crippen LogP contribution in [-0.4, -0.2) is 48.0 Å². The minimum atomic E-state index is -1.09. The van der Waals surface area contributed by atoms with Gasteiger partial charge >= 0.3 is 0 Å². The summed E-state index contributed by atoms with van der Waals surface area (Å²) in [4.78, 5) is 28.4. The fourth-order valence-electron chi connectivity index (χ4n) is 5.21. The number of carbonyl (C=O) groups is 2. The molecule has 2 aromatic rings. The van der Waals surface area contributed by atoms with Gasteiger partial charge in [0.1, 0.15) is 11.8 Å². The lowest BCUT2D eigenvalue weighted by Crippen LogP contribution is -2.58. The molecule has 2 unspecified atom stereocenters. The highest BCUT2D eigenvalue weighted by Crippen LogP contribution is 2.35. The Balaban J connectivity index is 1.49. The Morgan fingerprint density at radius 1 is 1.17 bits per heavy atom. The van der Waals surface area contributed by atoms with Crippen LogP contribution >= 0.6 is 0 Å².